The number of ether oxygens (including phenoxy) is 1. The number of carbonyl (C=O) groups is 2. The van der Waals surface area contributed by atoms with E-state index in [2.05, 4.69) is 10.6 Å². The third-order valence-electron chi connectivity index (χ3n) is 3.99. The summed E-state index contributed by atoms with van der Waals surface area (Å²) in [5.74, 6) is 0.184. The van der Waals surface area contributed by atoms with Gasteiger partial charge in [-0.2, -0.15) is 0 Å². The molecule has 0 unspecified atom stereocenters. The van der Waals surface area contributed by atoms with E-state index in [0.29, 0.717) is 29.2 Å². The zero-order valence-electron chi connectivity index (χ0n) is 16.6. The molecule has 0 aliphatic carbocycles. The van der Waals surface area contributed by atoms with Crippen LogP contribution in [-0.2, 0) is 19.6 Å². The lowest BCUT2D eigenvalue weighted by molar-refractivity contribution is -0.116. The van der Waals surface area contributed by atoms with Crippen molar-refractivity contribution in [3.63, 3.8) is 0 Å². The molecule has 0 aliphatic heterocycles. The second-order valence-electron chi connectivity index (χ2n) is 6.45. The van der Waals surface area contributed by atoms with Crippen LogP contribution in [0.5, 0.6) is 5.75 Å². The van der Waals surface area contributed by atoms with Crippen molar-refractivity contribution in [1.82, 2.24) is 0 Å². The molecule has 2 aromatic rings. The van der Waals surface area contributed by atoms with Gasteiger partial charge < -0.3 is 15.4 Å². The van der Waals surface area contributed by atoms with Gasteiger partial charge in [0.05, 0.1) is 19.1 Å². The van der Waals surface area contributed by atoms with Gasteiger partial charge in [-0.15, -0.1) is 0 Å². The monoisotopic (exact) mass is 419 g/mol. The lowest BCUT2D eigenvalue weighted by Crippen LogP contribution is -2.31. The number of amides is 2. The number of nitrogens with zero attached hydrogens (tertiary/aromatic N) is 1. The third-order valence-corrected chi connectivity index (χ3v) is 5.19. The van der Waals surface area contributed by atoms with Crippen molar-refractivity contribution in [3.8, 4) is 5.75 Å². The van der Waals surface area contributed by atoms with Crippen molar-refractivity contribution in [3.05, 3.63) is 48.5 Å². The van der Waals surface area contributed by atoms with Gasteiger partial charge >= 0.3 is 0 Å². The second-order valence-corrected chi connectivity index (χ2v) is 8.35. The Kier molecular flexibility index (Phi) is 7.60. The van der Waals surface area contributed by atoms with Gasteiger partial charge in [-0.1, -0.05) is 6.07 Å². The molecule has 0 aliphatic rings. The van der Waals surface area contributed by atoms with Crippen LogP contribution < -0.4 is 19.7 Å². The summed E-state index contributed by atoms with van der Waals surface area (Å²) in [6.45, 7) is 1.58. The van der Waals surface area contributed by atoms with Crippen molar-refractivity contribution in [2.45, 2.75) is 19.8 Å². The first-order valence-corrected chi connectivity index (χ1v) is 10.8. The van der Waals surface area contributed by atoms with E-state index in [0.717, 1.165) is 6.26 Å². The van der Waals surface area contributed by atoms with Crippen molar-refractivity contribution < 1.29 is 22.7 Å². The zero-order chi connectivity index (χ0) is 21.4. The number of benzene rings is 2. The van der Waals surface area contributed by atoms with E-state index in [1.54, 1.807) is 48.5 Å². The van der Waals surface area contributed by atoms with E-state index in [1.165, 1.54) is 18.3 Å². The van der Waals surface area contributed by atoms with Gasteiger partial charge in [-0.25, -0.2) is 8.42 Å². The summed E-state index contributed by atoms with van der Waals surface area (Å²) >= 11 is 0. The minimum absolute atomic E-state index is 0.145. The molecule has 2 rings (SSSR count). The van der Waals surface area contributed by atoms with Crippen LogP contribution in [0.15, 0.2) is 48.5 Å². The minimum Gasteiger partial charge on any atom is -0.497 e. The molecule has 9 heteroatoms. The third kappa shape index (κ3) is 7.11. The van der Waals surface area contributed by atoms with Crippen LogP contribution in [0, 0.1) is 0 Å². The van der Waals surface area contributed by atoms with Crippen molar-refractivity contribution in [2.75, 3.05) is 34.8 Å². The Morgan fingerprint density at radius 1 is 1.03 bits per heavy atom. The standard InChI is InChI=1S/C20H25N3O5S/c1-15(24)21-16-6-4-7-17(14-16)22-20(25)8-5-13-23(29(3,26)27)18-9-11-19(28-2)12-10-18/h4,6-7,9-12,14H,5,8,13H2,1-3H3,(H,21,24)(H,22,25). The van der Waals surface area contributed by atoms with E-state index in [4.69, 9.17) is 4.74 Å². The van der Waals surface area contributed by atoms with Crippen LogP contribution >= 0.6 is 0 Å². The van der Waals surface area contributed by atoms with E-state index in [1.807, 2.05) is 0 Å². The van der Waals surface area contributed by atoms with Gasteiger partial charge in [0.15, 0.2) is 0 Å². The Morgan fingerprint density at radius 2 is 1.66 bits per heavy atom. The van der Waals surface area contributed by atoms with E-state index >= 15 is 0 Å². The molecule has 2 amide bonds. The highest BCUT2D eigenvalue weighted by molar-refractivity contribution is 7.92. The zero-order valence-corrected chi connectivity index (χ0v) is 17.5. The van der Waals surface area contributed by atoms with Gasteiger partial charge in [0.25, 0.3) is 0 Å². The maximum atomic E-state index is 12.2. The van der Waals surface area contributed by atoms with E-state index < -0.39 is 10.0 Å². The molecule has 0 spiro atoms. The van der Waals surface area contributed by atoms with Crippen molar-refractivity contribution in [2.24, 2.45) is 0 Å². The summed E-state index contributed by atoms with van der Waals surface area (Å²) in [4.78, 5) is 23.3. The first-order valence-electron chi connectivity index (χ1n) is 8.98. The molecule has 156 valence electrons. The molecule has 0 aromatic heterocycles. The van der Waals surface area contributed by atoms with E-state index in [9.17, 15) is 18.0 Å². The number of sulfonamides is 1. The molecule has 2 N–H and O–H groups in total. The number of methoxy groups -OCH3 is 1. The fourth-order valence-electron chi connectivity index (χ4n) is 2.72. The summed E-state index contributed by atoms with van der Waals surface area (Å²) in [7, 11) is -1.96. The fourth-order valence-corrected chi connectivity index (χ4v) is 3.68. The average molecular weight is 420 g/mol. The first kappa shape index (κ1) is 22.2. The van der Waals surface area contributed by atoms with Crippen LogP contribution in [0.4, 0.5) is 17.1 Å². The molecular formula is C20H25N3O5S. The lowest BCUT2D eigenvalue weighted by atomic mass is 10.2. The minimum atomic E-state index is -3.49. The molecule has 0 heterocycles. The summed E-state index contributed by atoms with van der Waals surface area (Å²) in [6.07, 6.45) is 1.62. The smallest absolute Gasteiger partial charge is 0.232 e. The van der Waals surface area contributed by atoms with Crippen molar-refractivity contribution in [1.29, 1.82) is 0 Å². The SMILES string of the molecule is COc1ccc(N(CCCC(=O)Nc2cccc(NC(C)=O)c2)S(C)(=O)=O)cc1. The Bertz CT molecular complexity index is 958. The Morgan fingerprint density at radius 3 is 2.21 bits per heavy atom. The molecule has 0 saturated carbocycles. The maximum Gasteiger partial charge on any atom is 0.232 e. The van der Waals surface area contributed by atoms with Gasteiger partial charge in [-0.3, -0.25) is 13.9 Å². The lowest BCUT2D eigenvalue weighted by Gasteiger charge is -2.22. The van der Waals surface area contributed by atoms with Gasteiger partial charge in [0, 0.05) is 31.3 Å². The Balaban J connectivity index is 1.95. The van der Waals surface area contributed by atoms with Gasteiger partial charge in [-0.05, 0) is 48.9 Å². The highest BCUT2D eigenvalue weighted by atomic mass is 32.2. The molecule has 0 saturated heterocycles. The molecule has 0 radical (unpaired) electrons. The largest absolute Gasteiger partial charge is 0.497 e. The number of rotatable bonds is 9. The predicted molar refractivity (Wildman–Crippen MR) is 114 cm³/mol. The molecule has 0 atom stereocenters. The molecule has 0 bridgehead atoms. The van der Waals surface area contributed by atoms with Crippen LogP contribution in [-0.4, -0.2) is 40.1 Å². The number of hydrogen-bond acceptors (Lipinski definition) is 5. The Hall–Kier alpha value is -3.07. The number of carbonyl (C=O) groups excluding carboxylic acids is 2. The van der Waals surface area contributed by atoms with Gasteiger partial charge in [0.2, 0.25) is 21.8 Å². The topological polar surface area (TPSA) is 105 Å². The first-order chi connectivity index (χ1) is 13.7. The quantitative estimate of drug-likeness (QED) is 0.650. The summed E-state index contributed by atoms with van der Waals surface area (Å²) < 4.78 is 30.6. The molecule has 29 heavy (non-hydrogen) atoms. The summed E-state index contributed by atoms with van der Waals surface area (Å²) in [5, 5.41) is 5.40. The molecule has 8 nitrogen and oxygen atoms in total. The van der Waals surface area contributed by atoms with Crippen LogP contribution in [0.1, 0.15) is 19.8 Å². The molecule has 2 aromatic carbocycles. The normalized spacial score (nSPS) is 10.9. The summed E-state index contributed by atoms with van der Waals surface area (Å²) in [6, 6.07) is 13.5. The predicted octanol–water partition coefficient (Wildman–Crippen LogP) is 2.84. The van der Waals surface area contributed by atoms with E-state index in [-0.39, 0.29) is 24.8 Å². The van der Waals surface area contributed by atoms with Crippen LogP contribution in [0.2, 0.25) is 0 Å². The van der Waals surface area contributed by atoms with Crippen LogP contribution in [0.25, 0.3) is 0 Å². The number of hydrogen-bond donors (Lipinski definition) is 2. The van der Waals surface area contributed by atoms with Crippen molar-refractivity contribution >= 4 is 38.9 Å². The number of anilines is 3. The molecular weight excluding hydrogens is 394 g/mol. The van der Waals surface area contributed by atoms with Gasteiger partial charge in [0.1, 0.15) is 5.75 Å². The second kappa shape index (κ2) is 9.92. The number of nitrogens with one attached hydrogen (secondary N) is 2. The highest BCUT2D eigenvalue weighted by Gasteiger charge is 2.17. The molecule has 0 fully saturated rings. The van der Waals surface area contributed by atoms with Crippen LogP contribution in [0.3, 0.4) is 0 Å². The fraction of sp³-hybridized carbons (Fsp3) is 0.300. The average Bonchev–Trinajstić information content (AvgIpc) is 2.64. The highest BCUT2D eigenvalue weighted by Crippen LogP contribution is 2.22. The Labute approximate surface area is 170 Å². The maximum absolute atomic E-state index is 12.2. The summed E-state index contributed by atoms with van der Waals surface area (Å²) in [5.41, 5.74) is 1.64.